The summed E-state index contributed by atoms with van der Waals surface area (Å²) in [6.45, 7) is 2.26. The molecule has 1 atom stereocenters. The summed E-state index contributed by atoms with van der Waals surface area (Å²) >= 11 is 0. The molecule has 1 aromatic carbocycles. The summed E-state index contributed by atoms with van der Waals surface area (Å²) in [6, 6.07) is 8.07. The van der Waals surface area contributed by atoms with Crippen molar-refractivity contribution in [2.24, 2.45) is 0 Å². The van der Waals surface area contributed by atoms with Gasteiger partial charge in [0.2, 0.25) is 0 Å². The number of benzene rings is 1. The minimum atomic E-state index is 0.0488. The summed E-state index contributed by atoms with van der Waals surface area (Å²) in [6.07, 6.45) is 3.47. The largest absolute Gasteiger partial charge is 0.392 e. The van der Waals surface area contributed by atoms with Crippen molar-refractivity contribution >= 4 is 6.03 Å². The summed E-state index contributed by atoms with van der Waals surface area (Å²) in [7, 11) is 0. The summed E-state index contributed by atoms with van der Waals surface area (Å²) in [4.78, 5) is 16.1. The Morgan fingerprint density at radius 2 is 2.05 bits per heavy atom. The van der Waals surface area contributed by atoms with Crippen LogP contribution in [0, 0.1) is 11.8 Å². The normalized spacial score (nSPS) is 21.0. The zero-order valence-electron chi connectivity index (χ0n) is 12.1. The second kappa shape index (κ2) is 6.19. The van der Waals surface area contributed by atoms with Crippen molar-refractivity contribution in [2.45, 2.75) is 31.9 Å². The molecule has 0 aliphatic carbocycles. The standard InChI is InChI=1S/C17H20N2O2/c20-13-15-8-6-14(7-9-15)4-3-10-18-12-16-5-1-2-11-19(16)17(18)21/h6-9,16,20H,1-2,5,10-13H2/t16-/m0/s1. The van der Waals surface area contributed by atoms with Crippen molar-refractivity contribution in [3.05, 3.63) is 35.4 Å². The van der Waals surface area contributed by atoms with E-state index in [9.17, 15) is 4.79 Å². The van der Waals surface area contributed by atoms with Crippen molar-refractivity contribution in [3.63, 3.8) is 0 Å². The Hall–Kier alpha value is -1.99. The molecule has 0 bridgehead atoms. The van der Waals surface area contributed by atoms with E-state index in [0.717, 1.165) is 37.1 Å². The van der Waals surface area contributed by atoms with Crippen LogP contribution in [0.1, 0.15) is 30.4 Å². The third-order valence-corrected chi connectivity index (χ3v) is 4.21. The maximum absolute atomic E-state index is 12.2. The first-order valence-electron chi connectivity index (χ1n) is 7.52. The number of amides is 2. The van der Waals surface area contributed by atoms with Crippen LogP contribution >= 0.6 is 0 Å². The first-order valence-corrected chi connectivity index (χ1v) is 7.52. The highest BCUT2D eigenvalue weighted by molar-refractivity contribution is 5.77. The highest BCUT2D eigenvalue weighted by atomic mass is 16.3. The lowest BCUT2D eigenvalue weighted by molar-refractivity contribution is 0.177. The molecule has 21 heavy (non-hydrogen) atoms. The number of rotatable bonds is 2. The first-order chi connectivity index (χ1) is 10.3. The quantitative estimate of drug-likeness (QED) is 0.842. The van der Waals surface area contributed by atoms with E-state index in [1.54, 1.807) is 0 Å². The van der Waals surface area contributed by atoms with Gasteiger partial charge in [0, 0.05) is 18.7 Å². The highest BCUT2D eigenvalue weighted by Crippen LogP contribution is 2.24. The number of carbonyl (C=O) groups is 1. The van der Waals surface area contributed by atoms with Crippen LogP contribution in [-0.4, -0.2) is 46.6 Å². The average Bonchev–Trinajstić information content (AvgIpc) is 2.85. The van der Waals surface area contributed by atoms with Gasteiger partial charge in [-0.25, -0.2) is 4.79 Å². The van der Waals surface area contributed by atoms with E-state index in [0.29, 0.717) is 12.6 Å². The molecule has 0 radical (unpaired) electrons. The monoisotopic (exact) mass is 284 g/mol. The van der Waals surface area contributed by atoms with Crippen LogP contribution in [0.4, 0.5) is 4.79 Å². The van der Waals surface area contributed by atoms with Gasteiger partial charge in [0.15, 0.2) is 0 Å². The molecule has 4 nitrogen and oxygen atoms in total. The third-order valence-electron chi connectivity index (χ3n) is 4.21. The number of urea groups is 1. The Kier molecular flexibility index (Phi) is 4.12. The fraction of sp³-hybridized carbons (Fsp3) is 0.471. The van der Waals surface area contributed by atoms with Crippen molar-refractivity contribution < 1.29 is 9.90 Å². The summed E-state index contributed by atoms with van der Waals surface area (Å²) in [5, 5.41) is 8.99. The van der Waals surface area contributed by atoms with E-state index in [2.05, 4.69) is 11.8 Å². The van der Waals surface area contributed by atoms with Crippen LogP contribution in [0.25, 0.3) is 0 Å². The zero-order chi connectivity index (χ0) is 14.7. The Balaban J connectivity index is 1.60. The molecule has 2 heterocycles. The molecule has 1 aromatic rings. The van der Waals surface area contributed by atoms with Crippen molar-refractivity contribution in [1.29, 1.82) is 0 Å². The second-order valence-electron chi connectivity index (χ2n) is 5.66. The molecule has 2 aliphatic rings. The lowest BCUT2D eigenvalue weighted by atomic mass is 10.0. The fourth-order valence-corrected chi connectivity index (χ4v) is 3.02. The van der Waals surface area contributed by atoms with E-state index in [1.807, 2.05) is 34.1 Å². The molecular formula is C17H20N2O2. The van der Waals surface area contributed by atoms with Gasteiger partial charge in [0.1, 0.15) is 0 Å². The Morgan fingerprint density at radius 1 is 1.24 bits per heavy atom. The molecular weight excluding hydrogens is 264 g/mol. The molecule has 3 rings (SSSR count). The molecule has 0 unspecified atom stereocenters. The molecule has 4 heteroatoms. The van der Waals surface area contributed by atoms with Crippen LogP contribution in [0.3, 0.4) is 0 Å². The van der Waals surface area contributed by atoms with E-state index in [4.69, 9.17) is 5.11 Å². The highest BCUT2D eigenvalue weighted by Gasteiger charge is 2.37. The minimum Gasteiger partial charge on any atom is -0.392 e. The number of nitrogens with zero attached hydrogens (tertiary/aromatic N) is 2. The number of fused-ring (bicyclic) bond motifs is 1. The number of hydrogen-bond donors (Lipinski definition) is 1. The van der Waals surface area contributed by atoms with E-state index in [-0.39, 0.29) is 12.6 Å². The molecule has 2 aliphatic heterocycles. The Morgan fingerprint density at radius 3 is 2.76 bits per heavy atom. The average molecular weight is 284 g/mol. The molecule has 2 fully saturated rings. The molecule has 0 saturated carbocycles. The number of hydrogen-bond acceptors (Lipinski definition) is 2. The van der Waals surface area contributed by atoms with Crippen molar-refractivity contribution in [1.82, 2.24) is 9.80 Å². The lowest BCUT2D eigenvalue weighted by Gasteiger charge is -2.27. The van der Waals surface area contributed by atoms with Crippen molar-refractivity contribution in [2.75, 3.05) is 19.6 Å². The Bertz CT molecular complexity index is 571. The van der Waals surface area contributed by atoms with Gasteiger partial charge in [0.25, 0.3) is 0 Å². The number of carbonyl (C=O) groups excluding carboxylic acids is 1. The number of aliphatic hydroxyl groups is 1. The number of aliphatic hydroxyl groups excluding tert-OH is 1. The van der Waals surface area contributed by atoms with Gasteiger partial charge in [-0.3, -0.25) is 0 Å². The van der Waals surface area contributed by atoms with Gasteiger partial charge in [-0.2, -0.15) is 0 Å². The van der Waals surface area contributed by atoms with Gasteiger partial charge in [-0.05, 0) is 37.0 Å². The van der Waals surface area contributed by atoms with E-state index in [1.165, 1.54) is 6.42 Å². The molecule has 0 aromatic heterocycles. The SMILES string of the molecule is O=C1N(CC#Cc2ccc(CO)cc2)C[C@@H]2CCCCN12. The van der Waals surface area contributed by atoms with Crippen LogP contribution in [-0.2, 0) is 6.61 Å². The molecule has 110 valence electrons. The number of piperidine rings is 1. The van der Waals surface area contributed by atoms with E-state index < -0.39 is 0 Å². The summed E-state index contributed by atoms with van der Waals surface area (Å²) in [5.74, 6) is 6.17. The second-order valence-corrected chi connectivity index (χ2v) is 5.66. The van der Waals surface area contributed by atoms with E-state index >= 15 is 0 Å². The van der Waals surface area contributed by atoms with Gasteiger partial charge in [-0.1, -0.05) is 24.0 Å². The maximum Gasteiger partial charge on any atom is 0.321 e. The van der Waals surface area contributed by atoms with Crippen LogP contribution in [0.2, 0.25) is 0 Å². The first kappa shape index (κ1) is 14.0. The van der Waals surface area contributed by atoms with Gasteiger partial charge in [-0.15, -0.1) is 0 Å². The molecule has 0 spiro atoms. The summed E-state index contributed by atoms with van der Waals surface area (Å²) < 4.78 is 0. The van der Waals surface area contributed by atoms with Crippen LogP contribution in [0.15, 0.2) is 24.3 Å². The predicted molar refractivity (Wildman–Crippen MR) is 80.6 cm³/mol. The van der Waals surface area contributed by atoms with Crippen molar-refractivity contribution in [3.8, 4) is 11.8 Å². The fourth-order valence-electron chi connectivity index (χ4n) is 3.02. The topological polar surface area (TPSA) is 43.8 Å². The maximum atomic E-state index is 12.2. The predicted octanol–water partition coefficient (Wildman–Crippen LogP) is 1.82. The molecule has 1 N–H and O–H groups in total. The van der Waals surface area contributed by atoms with Gasteiger partial charge >= 0.3 is 6.03 Å². The smallest absolute Gasteiger partial charge is 0.321 e. The van der Waals surface area contributed by atoms with Gasteiger partial charge in [0.05, 0.1) is 19.2 Å². The van der Waals surface area contributed by atoms with Crippen LogP contribution < -0.4 is 0 Å². The third kappa shape index (κ3) is 3.03. The van der Waals surface area contributed by atoms with Gasteiger partial charge < -0.3 is 14.9 Å². The zero-order valence-corrected chi connectivity index (χ0v) is 12.1. The van der Waals surface area contributed by atoms with Crippen LogP contribution in [0.5, 0.6) is 0 Å². The molecule has 2 amide bonds. The minimum absolute atomic E-state index is 0.0488. The summed E-state index contributed by atoms with van der Waals surface area (Å²) in [5.41, 5.74) is 1.80. The molecule has 2 saturated heterocycles. The Labute approximate surface area is 125 Å². The lowest BCUT2D eigenvalue weighted by Crippen LogP contribution is -2.38.